The van der Waals surface area contributed by atoms with E-state index in [2.05, 4.69) is 6.92 Å². The number of halogens is 3. The van der Waals surface area contributed by atoms with Crippen molar-refractivity contribution in [1.29, 1.82) is 0 Å². The molecule has 1 aromatic carbocycles. The van der Waals surface area contributed by atoms with E-state index in [4.69, 9.17) is 14.2 Å². The van der Waals surface area contributed by atoms with Gasteiger partial charge in [-0.2, -0.15) is 13.2 Å². The monoisotopic (exact) mass is 432 g/mol. The highest BCUT2D eigenvalue weighted by Gasteiger charge is 2.39. The zero-order chi connectivity index (χ0) is 22.5. The zero-order valence-corrected chi connectivity index (χ0v) is 19.0. The van der Waals surface area contributed by atoms with E-state index in [0.717, 1.165) is 38.2 Å². The largest absolute Gasteiger partial charge is 0.416 e. The van der Waals surface area contributed by atoms with Gasteiger partial charge in [-0.25, -0.2) is 0 Å². The number of hydrogen-bond acceptors (Lipinski definition) is 3. The van der Waals surface area contributed by atoms with Crippen molar-refractivity contribution < 1.29 is 27.4 Å². The highest BCUT2D eigenvalue weighted by molar-refractivity contribution is 5.25. The van der Waals surface area contributed by atoms with Gasteiger partial charge < -0.3 is 14.2 Å². The molecule has 1 rings (SSSR count). The van der Waals surface area contributed by atoms with Gasteiger partial charge in [0, 0.05) is 27.2 Å². The van der Waals surface area contributed by atoms with Crippen molar-refractivity contribution in [2.75, 3.05) is 21.3 Å². The Hall–Kier alpha value is -1.11. The lowest BCUT2D eigenvalue weighted by atomic mass is 9.91. The quantitative estimate of drug-likeness (QED) is 0.201. The first-order valence-electron chi connectivity index (χ1n) is 11.1. The van der Waals surface area contributed by atoms with Gasteiger partial charge >= 0.3 is 6.18 Å². The number of ether oxygens (including phenoxy) is 3. The minimum absolute atomic E-state index is 0.0742. The Morgan fingerprint density at radius 3 is 1.93 bits per heavy atom. The van der Waals surface area contributed by atoms with Crippen molar-refractivity contribution in [2.45, 2.75) is 89.7 Å². The molecule has 0 heterocycles. The molecule has 0 aliphatic rings. The fraction of sp³-hybridized carbons (Fsp3) is 0.750. The summed E-state index contributed by atoms with van der Waals surface area (Å²) in [5.41, 5.74) is 0.131. The standard InChI is InChI=1S/C24H39F3O3/c1-5-6-7-8-9-10-16-21(24(28-2,29-3)30-4)17-12-11-14-20-15-13-18-22(19-20)23(25,26)27/h13,15,18-19,21H,5-12,14,16-17H2,1-4H3. The van der Waals surface area contributed by atoms with Crippen LogP contribution in [0.15, 0.2) is 24.3 Å². The van der Waals surface area contributed by atoms with Crippen LogP contribution in [0.2, 0.25) is 0 Å². The summed E-state index contributed by atoms with van der Waals surface area (Å²) in [6, 6.07) is 5.60. The van der Waals surface area contributed by atoms with Crippen LogP contribution in [0.3, 0.4) is 0 Å². The fourth-order valence-electron chi connectivity index (χ4n) is 4.04. The SMILES string of the molecule is CCCCCCCCC(CCCCc1cccc(C(F)(F)F)c1)C(OC)(OC)OC. The van der Waals surface area contributed by atoms with Gasteiger partial charge in [-0.05, 0) is 37.3 Å². The molecule has 0 radical (unpaired) electrons. The number of alkyl halides is 3. The third-order valence-electron chi connectivity index (χ3n) is 5.78. The number of benzene rings is 1. The summed E-state index contributed by atoms with van der Waals surface area (Å²) in [5, 5.41) is 0. The first-order valence-corrected chi connectivity index (χ1v) is 11.1. The van der Waals surface area contributed by atoms with E-state index in [1.54, 1.807) is 27.4 Å². The number of aryl methyl sites for hydroxylation is 1. The van der Waals surface area contributed by atoms with Crippen molar-refractivity contribution in [2.24, 2.45) is 5.92 Å². The van der Waals surface area contributed by atoms with Gasteiger partial charge in [0.25, 0.3) is 5.97 Å². The lowest BCUT2D eigenvalue weighted by Gasteiger charge is -2.36. The van der Waals surface area contributed by atoms with Gasteiger partial charge in [0.1, 0.15) is 0 Å². The molecular formula is C24H39F3O3. The summed E-state index contributed by atoms with van der Waals surface area (Å²) in [5.74, 6) is -0.996. The summed E-state index contributed by atoms with van der Waals surface area (Å²) in [4.78, 5) is 0. The average molecular weight is 433 g/mol. The van der Waals surface area contributed by atoms with E-state index < -0.39 is 17.7 Å². The molecule has 0 aliphatic carbocycles. The lowest BCUT2D eigenvalue weighted by Crippen LogP contribution is -2.44. The number of hydrogen-bond donors (Lipinski definition) is 0. The molecule has 174 valence electrons. The molecule has 0 bridgehead atoms. The van der Waals surface area contributed by atoms with E-state index in [1.165, 1.54) is 44.2 Å². The normalized spacial score (nSPS) is 13.6. The Morgan fingerprint density at radius 1 is 0.800 bits per heavy atom. The number of unbranched alkanes of at least 4 members (excludes halogenated alkanes) is 6. The zero-order valence-electron chi connectivity index (χ0n) is 19.0. The molecule has 30 heavy (non-hydrogen) atoms. The van der Waals surface area contributed by atoms with Crippen LogP contribution in [-0.2, 0) is 26.8 Å². The fourth-order valence-corrected chi connectivity index (χ4v) is 4.04. The maximum absolute atomic E-state index is 12.9. The second kappa shape index (κ2) is 14.0. The van der Waals surface area contributed by atoms with Crippen LogP contribution >= 0.6 is 0 Å². The summed E-state index contributed by atoms with van der Waals surface area (Å²) >= 11 is 0. The van der Waals surface area contributed by atoms with Gasteiger partial charge in [0.2, 0.25) is 0 Å². The Labute approximate surface area is 180 Å². The van der Waals surface area contributed by atoms with Crippen molar-refractivity contribution in [3.8, 4) is 0 Å². The lowest BCUT2D eigenvalue weighted by molar-refractivity contribution is -0.380. The maximum Gasteiger partial charge on any atom is 0.416 e. The van der Waals surface area contributed by atoms with Crippen molar-refractivity contribution >= 4 is 0 Å². The Balaban J connectivity index is 2.58. The van der Waals surface area contributed by atoms with E-state index in [0.29, 0.717) is 12.0 Å². The van der Waals surface area contributed by atoms with E-state index in [1.807, 2.05) is 0 Å². The Morgan fingerprint density at radius 2 is 1.37 bits per heavy atom. The van der Waals surface area contributed by atoms with Gasteiger partial charge in [-0.15, -0.1) is 0 Å². The first kappa shape index (κ1) is 26.9. The summed E-state index contributed by atoms with van der Waals surface area (Å²) in [7, 11) is 4.76. The van der Waals surface area contributed by atoms with Crippen LogP contribution in [0.5, 0.6) is 0 Å². The third kappa shape index (κ3) is 8.94. The molecule has 0 saturated carbocycles. The highest BCUT2D eigenvalue weighted by Crippen LogP contribution is 2.33. The molecule has 0 amide bonds. The molecule has 0 spiro atoms. The highest BCUT2D eigenvalue weighted by atomic mass is 19.4. The van der Waals surface area contributed by atoms with E-state index >= 15 is 0 Å². The molecule has 0 aliphatic heterocycles. The molecule has 0 fully saturated rings. The smallest absolute Gasteiger partial charge is 0.331 e. The van der Waals surface area contributed by atoms with Crippen LogP contribution in [0.1, 0.15) is 82.3 Å². The van der Waals surface area contributed by atoms with Crippen LogP contribution in [0.25, 0.3) is 0 Å². The van der Waals surface area contributed by atoms with Crippen LogP contribution in [-0.4, -0.2) is 27.3 Å². The molecule has 0 aromatic heterocycles. The first-order chi connectivity index (χ1) is 14.3. The van der Waals surface area contributed by atoms with Gasteiger partial charge in [0.15, 0.2) is 0 Å². The molecule has 0 saturated heterocycles. The van der Waals surface area contributed by atoms with Gasteiger partial charge in [-0.1, -0.05) is 70.1 Å². The Kier molecular flexibility index (Phi) is 12.6. The van der Waals surface area contributed by atoms with Gasteiger partial charge in [-0.3, -0.25) is 0 Å². The summed E-state index contributed by atoms with van der Waals surface area (Å²) in [6.45, 7) is 2.21. The maximum atomic E-state index is 12.9. The van der Waals surface area contributed by atoms with Gasteiger partial charge in [0.05, 0.1) is 5.56 Å². The predicted octanol–water partition coefficient (Wildman–Crippen LogP) is 7.38. The second-order valence-electron chi connectivity index (χ2n) is 7.91. The van der Waals surface area contributed by atoms with Crippen molar-refractivity contribution in [3.63, 3.8) is 0 Å². The van der Waals surface area contributed by atoms with Crippen LogP contribution < -0.4 is 0 Å². The van der Waals surface area contributed by atoms with Crippen LogP contribution in [0, 0.1) is 5.92 Å². The Bertz CT molecular complexity index is 563. The molecular weight excluding hydrogens is 393 g/mol. The summed E-state index contributed by atoms with van der Waals surface area (Å²) < 4.78 is 55.4. The number of methoxy groups -OCH3 is 3. The van der Waals surface area contributed by atoms with E-state index in [9.17, 15) is 13.2 Å². The van der Waals surface area contributed by atoms with Crippen LogP contribution in [0.4, 0.5) is 13.2 Å². The molecule has 0 N–H and O–H groups in total. The van der Waals surface area contributed by atoms with Crippen molar-refractivity contribution in [3.05, 3.63) is 35.4 Å². The molecule has 1 aromatic rings. The summed E-state index contributed by atoms with van der Waals surface area (Å²) in [6.07, 6.45) is 7.03. The average Bonchev–Trinajstić information content (AvgIpc) is 2.74. The molecule has 1 unspecified atom stereocenters. The topological polar surface area (TPSA) is 27.7 Å². The molecule has 3 nitrogen and oxygen atoms in total. The minimum atomic E-state index is -4.30. The third-order valence-corrected chi connectivity index (χ3v) is 5.78. The second-order valence-corrected chi connectivity index (χ2v) is 7.91. The van der Waals surface area contributed by atoms with E-state index in [-0.39, 0.29) is 5.92 Å². The molecule has 6 heteroatoms. The van der Waals surface area contributed by atoms with Crippen molar-refractivity contribution in [1.82, 2.24) is 0 Å². The minimum Gasteiger partial charge on any atom is -0.331 e. The molecule has 1 atom stereocenters. The number of rotatable bonds is 16. The predicted molar refractivity (Wildman–Crippen MR) is 114 cm³/mol.